The van der Waals surface area contributed by atoms with Gasteiger partial charge in [0.1, 0.15) is 0 Å². The number of amides is 1. The van der Waals surface area contributed by atoms with Crippen LogP contribution < -0.4 is 5.32 Å². The van der Waals surface area contributed by atoms with Gasteiger partial charge in [0.25, 0.3) is 0 Å². The largest absolute Gasteiger partial charge is 0.377 e. The highest BCUT2D eigenvalue weighted by molar-refractivity contribution is 5.72. The number of hydrogen-bond acceptors (Lipinski definition) is 3. The van der Waals surface area contributed by atoms with Gasteiger partial charge in [-0.2, -0.15) is 0 Å². The van der Waals surface area contributed by atoms with Gasteiger partial charge in [-0.25, -0.2) is 0 Å². The fourth-order valence-electron chi connectivity index (χ4n) is 0.725. The number of hydrogen-bond donors (Lipinski definition) is 1. The van der Waals surface area contributed by atoms with Crippen molar-refractivity contribution in [3.8, 4) is 0 Å². The first kappa shape index (κ1) is 11.4. The van der Waals surface area contributed by atoms with Gasteiger partial charge in [0, 0.05) is 20.1 Å². The van der Waals surface area contributed by atoms with Crippen LogP contribution in [0.3, 0.4) is 0 Å². The minimum Gasteiger partial charge on any atom is -0.377 e. The number of carbonyl (C=O) groups excluding carboxylic acids is 1. The topological polar surface area (TPSA) is 47.6 Å². The maximum atomic E-state index is 10.6. The van der Waals surface area contributed by atoms with Gasteiger partial charge in [-0.15, -0.1) is 0 Å². The Morgan fingerprint density at radius 1 is 1.67 bits per heavy atom. The van der Waals surface area contributed by atoms with Gasteiger partial charge in [0.2, 0.25) is 5.91 Å². The Labute approximate surface area is 73.2 Å². The average molecular weight is 174 g/mol. The molecule has 0 spiro atoms. The summed E-state index contributed by atoms with van der Waals surface area (Å²) in [7, 11) is 0. The van der Waals surface area contributed by atoms with Crippen LogP contribution in [-0.4, -0.2) is 32.0 Å². The van der Waals surface area contributed by atoms with Crippen LogP contribution in [0.15, 0.2) is 0 Å². The van der Waals surface area contributed by atoms with Gasteiger partial charge in [-0.3, -0.25) is 4.79 Å². The molecule has 0 aliphatic carbocycles. The van der Waals surface area contributed by atoms with Crippen molar-refractivity contribution in [2.24, 2.45) is 0 Å². The molecule has 4 nitrogen and oxygen atoms in total. The highest BCUT2D eigenvalue weighted by atomic mass is 16.5. The van der Waals surface area contributed by atoms with Gasteiger partial charge in [-0.05, 0) is 13.8 Å². The van der Waals surface area contributed by atoms with Crippen molar-refractivity contribution in [1.82, 2.24) is 5.32 Å². The second-order valence-electron chi connectivity index (χ2n) is 2.22. The Bertz CT molecular complexity index is 127. The molecule has 71 valence electrons. The Morgan fingerprint density at radius 3 is 2.75 bits per heavy atom. The second-order valence-corrected chi connectivity index (χ2v) is 2.22. The number of ether oxygens (including phenoxy) is 2. The smallest absolute Gasteiger partial charge is 0.218 e. The fourth-order valence-corrected chi connectivity index (χ4v) is 0.725. The van der Waals surface area contributed by atoms with Crippen LogP contribution in [0.25, 0.3) is 0 Å². The molecule has 0 aromatic carbocycles. The van der Waals surface area contributed by atoms with E-state index in [9.17, 15) is 4.79 Å². The van der Waals surface area contributed by atoms with Gasteiger partial charge < -0.3 is 14.8 Å². The molecule has 4 heteroatoms. The molecule has 0 bridgehead atoms. The van der Waals surface area contributed by atoms with Crippen molar-refractivity contribution in [3.63, 3.8) is 0 Å². The monoisotopic (exact) mass is 174 g/mol. The van der Waals surface area contributed by atoms with Gasteiger partial charge in [0.05, 0.1) is 6.61 Å². The highest BCUT2D eigenvalue weighted by Gasteiger charge is 2.08. The summed E-state index contributed by atoms with van der Waals surface area (Å²) in [5.74, 6) is -0.131. The normalized spacial score (nSPS) is 12.6. The van der Waals surface area contributed by atoms with Crippen molar-refractivity contribution in [2.75, 3.05) is 19.8 Å². The zero-order chi connectivity index (χ0) is 9.40. The van der Waals surface area contributed by atoms with E-state index in [1.807, 2.05) is 6.92 Å². The molecular weight excluding hydrogens is 158 g/mol. The molecule has 0 fully saturated rings. The predicted octanol–water partition coefficient (Wildman–Crippen LogP) is 0.336. The molecule has 0 aromatic heterocycles. The Balaban J connectivity index is 3.61. The lowest BCUT2D eigenvalue weighted by molar-refractivity contribution is -0.125. The van der Waals surface area contributed by atoms with E-state index >= 15 is 0 Å². The third-order valence-corrected chi connectivity index (χ3v) is 1.16. The summed E-state index contributed by atoms with van der Waals surface area (Å²) < 4.78 is 10.2. The van der Waals surface area contributed by atoms with Crippen LogP contribution in [0.1, 0.15) is 13.8 Å². The van der Waals surface area contributed by atoms with Crippen molar-refractivity contribution in [1.29, 1.82) is 0 Å². The molecular formula is C8H16NO3. The van der Waals surface area contributed by atoms with Crippen molar-refractivity contribution in [3.05, 3.63) is 6.92 Å². The van der Waals surface area contributed by atoms with Crippen molar-refractivity contribution < 1.29 is 14.3 Å². The molecule has 0 saturated carbocycles. The number of rotatable bonds is 6. The van der Waals surface area contributed by atoms with E-state index in [-0.39, 0.29) is 12.1 Å². The summed E-state index contributed by atoms with van der Waals surface area (Å²) in [5, 5.41) is 2.59. The first-order valence-corrected chi connectivity index (χ1v) is 3.96. The van der Waals surface area contributed by atoms with E-state index in [1.54, 1.807) is 0 Å². The standard InChI is InChI=1S/C8H16NO3/c1-4-11-6-8(12-5-2)9-7(3)10/h8H,2,4-6H2,1,3H3,(H,9,10). The molecule has 0 aliphatic rings. The van der Waals surface area contributed by atoms with Crippen LogP contribution in [0.2, 0.25) is 0 Å². The van der Waals surface area contributed by atoms with E-state index in [0.717, 1.165) is 0 Å². The summed E-state index contributed by atoms with van der Waals surface area (Å²) in [6, 6.07) is 0. The quantitative estimate of drug-likeness (QED) is 0.590. The molecule has 0 heterocycles. The van der Waals surface area contributed by atoms with Crippen LogP contribution >= 0.6 is 0 Å². The molecule has 1 N–H and O–H groups in total. The molecule has 0 rings (SSSR count). The highest BCUT2D eigenvalue weighted by Crippen LogP contribution is 1.89. The fraction of sp³-hybridized carbons (Fsp3) is 0.750. The van der Waals surface area contributed by atoms with Crippen LogP contribution in [-0.2, 0) is 14.3 Å². The maximum Gasteiger partial charge on any atom is 0.218 e. The Hall–Kier alpha value is -0.610. The molecule has 1 atom stereocenters. The van der Waals surface area contributed by atoms with E-state index in [4.69, 9.17) is 9.47 Å². The van der Waals surface area contributed by atoms with Gasteiger partial charge >= 0.3 is 0 Å². The molecule has 1 amide bonds. The van der Waals surface area contributed by atoms with E-state index < -0.39 is 0 Å². The first-order valence-electron chi connectivity index (χ1n) is 3.96. The summed E-state index contributed by atoms with van der Waals surface area (Å²) in [6.07, 6.45) is -0.375. The Morgan fingerprint density at radius 2 is 2.33 bits per heavy atom. The number of nitrogens with one attached hydrogen (secondary N) is 1. The minimum atomic E-state index is -0.375. The maximum absolute atomic E-state index is 10.6. The van der Waals surface area contributed by atoms with Crippen LogP contribution in [0.4, 0.5) is 0 Å². The third kappa shape index (κ3) is 6.12. The average Bonchev–Trinajstić information content (AvgIpc) is 2.00. The summed E-state index contributed by atoms with van der Waals surface area (Å²) >= 11 is 0. The molecule has 1 radical (unpaired) electrons. The zero-order valence-electron chi connectivity index (χ0n) is 7.63. The van der Waals surface area contributed by atoms with E-state index in [1.165, 1.54) is 6.92 Å². The lowest BCUT2D eigenvalue weighted by Gasteiger charge is -2.16. The molecule has 0 aliphatic heterocycles. The molecule has 1 unspecified atom stereocenters. The van der Waals surface area contributed by atoms with E-state index in [2.05, 4.69) is 12.2 Å². The molecule has 0 aromatic rings. The lowest BCUT2D eigenvalue weighted by atomic mass is 10.5. The second kappa shape index (κ2) is 7.06. The molecule has 0 saturated heterocycles. The van der Waals surface area contributed by atoms with Crippen molar-refractivity contribution >= 4 is 5.91 Å². The number of carbonyl (C=O) groups is 1. The summed E-state index contributed by atoms with van der Waals surface area (Å²) in [4.78, 5) is 10.6. The predicted molar refractivity (Wildman–Crippen MR) is 45.4 cm³/mol. The first-order chi connectivity index (χ1) is 5.70. The zero-order valence-corrected chi connectivity index (χ0v) is 7.63. The van der Waals surface area contributed by atoms with Crippen molar-refractivity contribution in [2.45, 2.75) is 20.1 Å². The van der Waals surface area contributed by atoms with Crippen LogP contribution in [0, 0.1) is 6.92 Å². The third-order valence-electron chi connectivity index (χ3n) is 1.16. The SMILES string of the molecule is [CH2]COC(COCC)NC(C)=O. The van der Waals surface area contributed by atoms with Gasteiger partial charge in [0.15, 0.2) is 6.23 Å². The summed E-state index contributed by atoms with van der Waals surface area (Å²) in [5.41, 5.74) is 0. The lowest BCUT2D eigenvalue weighted by Crippen LogP contribution is -2.39. The Kier molecular flexibility index (Phi) is 6.70. The molecule has 12 heavy (non-hydrogen) atoms. The van der Waals surface area contributed by atoms with E-state index in [0.29, 0.717) is 19.8 Å². The minimum absolute atomic E-state index is 0.131. The van der Waals surface area contributed by atoms with Crippen LogP contribution in [0.5, 0.6) is 0 Å². The van der Waals surface area contributed by atoms with Gasteiger partial charge in [-0.1, -0.05) is 0 Å². The summed E-state index contributed by atoms with van der Waals surface area (Å²) in [6.45, 7) is 8.12.